The monoisotopic (exact) mass is 371 g/mol. The Kier molecular flexibility index (Phi) is 5.10. The van der Waals surface area contributed by atoms with Crippen LogP contribution in [0, 0.1) is 6.92 Å². The lowest BCUT2D eigenvalue weighted by Gasteiger charge is -2.36. The summed E-state index contributed by atoms with van der Waals surface area (Å²) >= 11 is 1.58. The molecule has 2 aromatic rings. The van der Waals surface area contributed by atoms with Crippen LogP contribution in [0.25, 0.3) is 0 Å². The van der Waals surface area contributed by atoms with Crippen LogP contribution in [0.15, 0.2) is 23.5 Å². The fraction of sp³-hybridized carbons (Fsp3) is 0.556. The zero-order valence-electron chi connectivity index (χ0n) is 15.4. The fourth-order valence-corrected chi connectivity index (χ4v) is 3.93. The van der Waals surface area contributed by atoms with E-state index in [-0.39, 0.29) is 0 Å². The Bertz CT molecular complexity index is 755. The largest absolute Gasteiger partial charge is 0.356 e. The molecule has 8 heteroatoms. The first kappa shape index (κ1) is 17.3. The van der Waals surface area contributed by atoms with Gasteiger partial charge in [0.2, 0.25) is 0 Å². The first-order valence-electron chi connectivity index (χ1n) is 9.20. The zero-order valence-corrected chi connectivity index (χ0v) is 16.2. The highest BCUT2D eigenvalue weighted by atomic mass is 32.2. The third-order valence-corrected chi connectivity index (χ3v) is 5.53. The molecule has 2 aromatic heterocycles. The van der Waals surface area contributed by atoms with Crippen molar-refractivity contribution >= 4 is 29.2 Å². The Balaban J connectivity index is 1.46. The van der Waals surface area contributed by atoms with Gasteiger partial charge >= 0.3 is 0 Å². The third-order valence-electron chi connectivity index (χ3n) is 4.97. The Morgan fingerprint density at radius 3 is 2.00 bits per heavy atom. The van der Waals surface area contributed by atoms with Crippen LogP contribution in [-0.2, 0) is 0 Å². The number of aryl methyl sites for hydroxylation is 1. The van der Waals surface area contributed by atoms with Crippen LogP contribution in [-0.4, -0.2) is 65.5 Å². The topological polar surface area (TPSA) is 61.3 Å². The number of thioether (sulfide) groups is 1. The molecule has 2 aliphatic heterocycles. The molecule has 0 radical (unpaired) electrons. The Hall–Kier alpha value is -2.09. The summed E-state index contributed by atoms with van der Waals surface area (Å²) in [6, 6.07) is 4.15. The van der Waals surface area contributed by atoms with Crippen molar-refractivity contribution in [2.24, 2.45) is 0 Å². The molecule has 0 unspecified atom stereocenters. The van der Waals surface area contributed by atoms with Gasteiger partial charge < -0.3 is 14.7 Å². The third kappa shape index (κ3) is 3.70. The van der Waals surface area contributed by atoms with Crippen LogP contribution >= 0.6 is 11.8 Å². The minimum absolute atomic E-state index is 0.826. The Labute approximate surface area is 158 Å². The predicted octanol–water partition coefficient (Wildman–Crippen LogP) is 2.22. The highest BCUT2D eigenvalue weighted by molar-refractivity contribution is 7.98. The second-order valence-electron chi connectivity index (χ2n) is 6.70. The van der Waals surface area contributed by atoms with Gasteiger partial charge in [-0.1, -0.05) is 11.8 Å². The average Bonchev–Trinajstić information content (AvgIpc) is 3.23. The molecular weight excluding hydrogens is 346 g/mol. The van der Waals surface area contributed by atoms with Crippen LogP contribution in [0.4, 0.5) is 17.5 Å². The van der Waals surface area contributed by atoms with E-state index in [9.17, 15) is 0 Å². The van der Waals surface area contributed by atoms with Gasteiger partial charge in [-0.05, 0) is 32.1 Å². The van der Waals surface area contributed by atoms with Gasteiger partial charge in [0.15, 0.2) is 5.16 Å². The molecule has 0 amide bonds. The maximum atomic E-state index is 4.69. The van der Waals surface area contributed by atoms with E-state index in [1.54, 1.807) is 11.8 Å². The van der Waals surface area contributed by atoms with Gasteiger partial charge in [0.25, 0.3) is 0 Å². The molecule has 2 aliphatic rings. The van der Waals surface area contributed by atoms with Crippen molar-refractivity contribution < 1.29 is 0 Å². The summed E-state index contributed by atoms with van der Waals surface area (Å²) in [5.41, 5.74) is 0. The minimum atomic E-state index is 0.826. The van der Waals surface area contributed by atoms with Crippen molar-refractivity contribution in [3.8, 4) is 0 Å². The van der Waals surface area contributed by atoms with Crippen LogP contribution in [0.5, 0.6) is 0 Å². The maximum absolute atomic E-state index is 4.69. The van der Waals surface area contributed by atoms with Gasteiger partial charge in [0.05, 0.1) is 0 Å². The number of nitrogens with zero attached hydrogens (tertiary/aromatic N) is 7. The molecule has 2 fully saturated rings. The lowest BCUT2D eigenvalue weighted by Crippen LogP contribution is -2.47. The standard InChI is InChI=1S/C18H25N7S/c1-14-20-16(23-7-3-4-8-23)13-17(21-14)25-11-9-24(10-12-25)15-5-6-19-18(22-15)26-2/h5-6,13H,3-4,7-12H2,1-2H3. The van der Waals surface area contributed by atoms with Gasteiger partial charge in [-0.2, -0.15) is 0 Å². The van der Waals surface area contributed by atoms with Crippen molar-refractivity contribution in [2.45, 2.75) is 24.9 Å². The summed E-state index contributed by atoms with van der Waals surface area (Å²) in [5, 5.41) is 0.826. The molecule has 4 heterocycles. The van der Waals surface area contributed by atoms with E-state index in [0.29, 0.717) is 0 Å². The molecule has 0 bridgehead atoms. The second-order valence-corrected chi connectivity index (χ2v) is 7.47. The maximum Gasteiger partial charge on any atom is 0.189 e. The summed E-state index contributed by atoms with van der Waals surface area (Å²) < 4.78 is 0. The molecule has 0 aliphatic carbocycles. The number of hydrogen-bond donors (Lipinski definition) is 0. The molecule has 2 saturated heterocycles. The smallest absolute Gasteiger partial charge is 0.189 e. The normalized spacial score (nSPS) is 17.8. The van der Waals surface area contributed by atoms with Crippen molar-refractivity contribution in [2.75, 3.05) is 60.2 Å². The molecule has 0 atom stereocenters. The molecule has 138 valence electrons. The van der Waals surface area contributed by atoms with Crippen molar-refractivity contribution in [3.05, 3.63) is 24.2 Å². The summed E-state index contributed by atoms with van der Waals surface area (Å²) in [4.78, 5) is 25.3. The van der Waals surface area contributed by atoms with Crippen LogP contribution in [0.2, 0.25) is 0 Å². The van der Waals surface area contributed by atoms with Crippen molar-refractivity contribution in [1.82, 2.24) is 19.9 Å². The quantitative estimate of drug-likeness (QED) is 0.599. The van der Waals surface area contributed by atoms with Gasteiger partial charge in [-0.15, -0.1) is 0 Å². The van der Waals surface area contributed by atoms with Gasteiger partial charge in [0, 0.05) is 51.5 Å². The SMILES string of the molecule is CSc1nccc(N2CCN(c3cc(N4CCCC4)nc(C)n3)CC2)n1. The first-order chi connectivity index (χ1) is 12.7. The molecule has 4 rings (SSSR count). The van der Waals surface area contributed by atoms with Gasteiger partial charge in [-0.25, -0.2) is 19.9 Å². The van der Waals surface area contributed by atoms with E-state index in [1.807, 2.05) is 25.4 Å². The Morgan fingerprint density at radius 2 is 1.38 bits per heavy atom. The van der Waals surface area contributed by atoms with Crippen LogP contribution in [0.1, 0.15) is 18.7 Å². The van der Waals surface area contributed by atoms with Crippen LogP contribution in [0.3, 0.4) is 0 Å². The highest BCUT2D eigenvalue weighted by Crippen LogP contribution is 2.24. The number of anilines is 3. The average molecular weight is 372 g/mol. The van der Waals surface area contributed by atoms with E-state index in [4.69, 9.17) is 4.98 Å². The highest BCUT2D eigenvalue weighted by Gasteiger charge is 2.22. The zero-order chi connectivity index (χ0) is 17.9. The van der Waals surface area contributed by atoms with Gasteiger partial charge in [0.1, 0.15) is 23.3 Å². The Morgan fingerprint density at radius 1 is 0.808 bits per heavy atom. The lowest BCUT2D eigenvalue weighted by atomic mass is 10.3. The summed E-state index contributed by atoms with van der Waals surface area (Å²) in [6.45, 7) is 7.96. The molecule has 7 nitrogen and oxygen atoms in total. The van der Waals surface area contributed by atoms with E-state index >= 15 is 0 Å². The van der Waals surface area contributed by atoms with E-state index in [1.165, 1.54) is 12.8 Å². The van der Waals surface area contributed by atoms with Gasteiger partial charge in [-0.3, -0.25) is 0 Å². The van der Waals surface area contributed by atoms with E-state index in [2.05, 4.69) is 35.7 Å². The molecule has 0 N–H and O–H groups in total. The summed E-state index contributed by atoms with van der Waals surface area (Å²) in [7, 11) is 0. The minimum Gasteiger partial charge on any atom is -0.356 e. The number of piperazine rings is 1. The van der Waals surface area contributed by atoms with E-state index in [0.717, 1.165) is 67.7 Å². The summed E-state index contributed by atoms with van der Waals surface area (Å²) in [5.74, 6) is 3.99. The molecule has 26 heavy (non-hydrogen) atoms. The second kappa shape index (κ2) is 7.65. The predicted molar refractivity (Wildman–Crippen MR) is 106 cm³/mol. The first-order valence-corrected chi connectivity index (χ1v) is 10.4. The van der Waals surface area contributed by atoms with E-state index < -0.39 is 0 Å². The molecule has 0 aromatic carbocycles. The summed E-state index contributed by atoms with van der Waals surface area (Å²) in [6.07, 6.45) is 6.37. The number of rotatable bonds is 4. The number of aromatic nitrogens is 4. The molecular formula is C18H25N7S. The number of hydrogen-bond acceptors (Lipinski definition) is 8. The fourth-order valence-electron chi connectivity index (χ4n) is 3.58. The van der Waals surface area contributed by atoms with Crippen molar-refractivity contribution in [1.29, 1.82) is 0 Å². The molecule has 0 saturated carbocycles. The van der Waals surface area contributed by atoms with Crippen molar-refractivity contribution in [3.63, 3.8) is 0 Å². The lowest BCUT2D eigenvalue weighted by molar-refractivity contribution is 0.636. The molecule has 0 spiro atoms. The van der Waals surface area contributed by atoms with Crippen LogP contribution < -0.4 is 14.7 Å².